The number of nitrogens with zero attached hydrogens (tertiary/aromatic N) is 5. The van der Waals surface area contributed by atoms with Crippen LogP contribution in [0.25, 0.3) is 45.3 Å². The van der Waals surface area contributed by atoms with Gasteiger partial charge in [0, 0.05) is 46.0 Å². The van der Waals surface area contributed by atoms with Crippen molar-refractivity contribution in [2.24, 2.45) is 0 Å². The topological polar surface area (TPSA) is 54.8 Å². The second-order valence-corrected chi connectivity index (χ2v) is 16.3. The van der Waals surface area contributed by atoms with E-state index in [0.29, 0.717) is 23.3 Å². The fourth-order valence-electron chi connectivity index (χ4n) is 9.01. The summed E-state index contributed by atoms with van der Waals surface area (Å²) in [7, 11) is 0. The smallest absolute Gasteiger partial charge is 0.162 e. The normalized spacial score (nSPS) is 11.2. The van der Waals surface area contributed by atoms with Crippen LogP contribution in [0.2, 0.25) is 0 Å². The van der Waals surface area contributed by atoms with Gasteiger partial charge in [-0.1, -0.05) is 169 Å². The maximum absolute atomic E-state index is 5.36. The SMILES string of the molecule is Cc1cc(C)c(C(c2ccc(N(c3cc(-c4ccccc4)nc(-c4ccccc4)n3)c3cc(-c4ccccc4)nc(-c4ccccc4)n3)cc2)c2c(C)cc(C)cc2C)c(C)c1. The van der Waals surface area contributed by atoms with E-state index in [9.17, 15) is 0 Å². The summed E-state index contributed by atoms with van der Waals surface area (Å²) in [4.78, 5) is 23.2. The van der Waals surface area contributed by atoms with Gasteiger partial charge >= 0.3 is 0 Å². The molecule has 0 unspecified atom stereocenters. The van der Waals surface area contributed by atoms with Gasteiger partial charge in [-0.15, -0.1) is 0 Å². The van der Waals surface area contributed by atoms with Gasteiger partial charge in [-0.3, -0.25) is 4.90 Å². The van der Waals surface area contributed by atoms with Crippen molar-refractivity contribution in [2.75, 3.05) is 4.90 Å². The lowest BCUT2D eigenvalue weighted by atomic mass is 9.77. The van der Waals surface area contributed by atoms with Gasteiger partial charge in [-0.25, -0.2) is 19.9 Å². The Kier molecular flexibility index (Phi) is 11.1. The molecule has 0 amide bonds. The van der Waals surface area contributed by atoms with Crippen molar-refractivity contribution < 1.29 is 0 Å². The van der Waals surface area contributed by atoms with Crippen LogP contribution in [0.3, 0.4) is 0 Å². The number of hydrogen-bond donors (Lipinski definition) is 0. The summed E-state index contributed by atoms with van der Waals surface area (Å²) in [6.07, 6.45) is 0. The van der Waals surface area contributed by atoms with Crippen LogP contribution in [0.5, 0.6) is 0 Å². The molecule has 2 aromatic heterocycles. The van der Waals surface area contributed by atoms with Gasteiger partial charge in [0.15, 0.2) is 11.6 Å². The summed E-state index contributed by atoms with van der Waals surface area (Å²) < 4.78 is 0. The van der Waals surface area contributed by atoms with Crippen LogP contribution in [0.4, 0.5) is 17.3 Å². The minimum Gasteiger partial charge on any atom is -0.279 e. The quantitative estimate of drug-likeness (QED) is 0.129. The maximum Gasteiger partial charge on any atom is 0.162 e. The van der Waals surface area contributed by atoms with E-state index in [1.165, 1.54) is 50.1 Å². The van der Waals surface area contributed by atoms with E-state index in [1.54, 1.807) is 0 Å². The predicted molar refractivity (Wildman–Crippen MR) is 256 cm³/mol. The van der Waals surface area contributed by atoms with E-state index in [0.717, 1.165) is 39.3 Å². The summed E-state index contributed by atoms with van der Waals surface area (Å²) in [6, 6.07) is 63.4. The van der Waals surface area contributed by atoms with Crippen LogP contribution < -0.4 is 4.90 Å². The van der Waals surface area contributed by atoms with E-state index in [1.807, 2.05) is 72.8 Å². The van der Waals surface area contributed by atoms with Gasteiger partial charge in [0.05, 0.1) is 11.4 Å². The van der Waals surface area contributed by atoms with Gasteiger partial charge in [0.25, 0.3) is 0 Å². The van der Waals surface area contributed by atoms with Crippen molar-refractivity contribution in [3.63, 3.8) is 0 Å². The van der Waals surface area contributed by atoms with Crippen LogP contribution in [0, 0.1) is 41.5 Å². The Morgan fingerprint density at radius 1 is 0.355 bits per heavy atom. The molecule has 7 aromatic carbocycles. The molecule has 9 rings (SSSR count). The minimum atomic E-state index is 0.0283. The molecule has 0 radical (unpaired) electrons. The van der Waals surface area contributed by atoms with Crippen LogP contribution in [-0.4, -0.2) is 19.9 Å². The third-order valence-electron chi connectivity index (χ3n) is 11.6. The first kappa shape index (κ1) is 39.9. The van der Waals surface area contributed by atoms with Gasteiger partial charge in [0.1, 0.15) is 11.6 Å². The second-order valence-electron chi connectivity index (χ2n) is 16.3. The Bertz CT molecular complexity index is 2660. The molecule has 0 fully saturated rings. The van der Waals surface area contributed by atoms with E-state index in [-0.39, 0.29) is 5.92 Å². The molecule has 0 saturated carbocycles. The lowest BCUT2D eigenvalue weighted by molar-refractivity contribution is 0.919. The van der Waals surface area contributed by atoms with Gasteiger partial charge < -0.3 is 0 Å². The zero-order valence-corrected chi connectivity index (χ0v) is 36.1. The molecule has 62 heavy (non-hydrogen) atoms. The van der Waals surface area contributed by atoms with E-state index < -0.39 is 0 Å². The molecule has 0 N–H and O–H groups in total. The molecular weight excluding hydrogens is 755 g/mol. The largest absolute Gasteiger partial charge is 0.279 e. The van der Waals surface area contributed by atoms with Crippen molar-refractivity contribution in [3.05, 3.63) is 232 Å². The predicted octanol–water partition coefficient (Wildman–Crippen LogP) is 14.4. The highest BCUT2D eigenvalue weighted by atomic mass is 15.3. The van der Waals surface area contributed by atoms with Crippen molar-refractivity contribution in [2.45, 2.75) is 47.5 Å². The van der Waals surface area contributed by atoms with Crippen LogP contribution in [0.1, 0.15) is 56.0 Å². The average molecular weight is 804 g/mol. The summed E-state index contributed by atoms with van der Waals surface area (Å²) in [5, 5.41) is 0. The lowest BCUT2D eigenvalue weighted by Crippen LogP contribution is -2.16. The van der Waals surface area contributed by atoms with Crippen LogP contribution >= 0.6 is 0 Å². The van der Waals surface area contributed by atoms with Gasteiger partial charge in [-0.05, 0) is 92.6 Å². The summed E-state index contributed by atoms with van der Waals surface area (Å²) in [5.74, 6) is 2.66. The maximum atomic E-state index is 5.36. The van der Waals surface area contributed by atoms with Gasteiger partial charge in [0.2, 0.25) is 0 Å². The molecule has 0 bridgehead atoms. The molecular formula is C57H49N5. The first-order valence-electron chi connectivity index (χ1n) is 21.3. The highest BCUT2D eigenvalue weighted by molar-refractivity contribution is 5.80. The monoisotopic (exact) mass is 803 g/mol. The molecule has 302 valence electrons. The Hall–Kier alpha value is -7.50. The molecule has 0 aliphatic carbocycles. The van der Waals surface area contributed by atoms with Gasteiger partial charge in [-0.2, -0.15) is 0 Å². The number of aryl methyl sites for hydroxylation is 6. The third-order valence-corrected chi connectivity index (χ3v) is 11.6. The molecule has 0 saturated heterocycles. The first-order valence-corrected chi connectivity index (χ1v) is 21.3. The molecule has 2 heterocycles. The van der Waals surface area contributed by atoms with Crippen molar-refractivity contribution in [1.82, 2.24) is 19.9 Å². The second kappa shape index (κ2) is 17.2. The number of aromatic nitrogens is 4. The molecule has 0 atom stereocenters. The Morgan fingerprint density at radius 3 is 1.05 bits per heavy atom. The van der Waals surface area contributed by atoms with Crippen molar-refractivity contribution in [1.29, 1.82) is 0 Å². The third kappa shape index (κ3) is 8.18. The Balaban J connectivity index is 1.30. The van der Waals surface area contributed by atoms with Crippen molar-refractivity contribution >= 4 is 17.3 Å². The molecule has 0 aliphatic heterocycles. The Morgan fingerprint density at radius 2 is 0.694 bits per heavy atom. The Labute approximate surface area is 365 Å². The summed E-state index contributed by atoms with van der Waals surface area (Å²) in [6.45, 7) is 13.4. The minimum absolute atomic E-state index is 0.0283. The summed E-state index contributed by atoms with van der Waals surface area (Å²) in [5.41, 5.74) is 18.0. The lowest BCUT2D eigenvalue weighted by Gasteiger charge is -2.28. The number of anilines is 3. The van der Waals surface area contributed by atoms with Crippen molar-refractivity contribution in [3.8, 4) is 45.3 Å². The van der Waals surface area contributed by atoms with E-state index >= 15 is 0 Å². The average Bonchev–Trinajstić information content (AvgIpc) is 3.29. The molecule has 9 aromatic rings. The highest BCUT2D eigenvalue weighted by Gasteiger charge is 2.26. The molecule has 5 nitrogen and oxygen atoms in total. The number of benzene rings is 7. The highest BCUT2D eigenvalue weighted by Crippen LogP contribution is 2.43. The zero-order valence-electron chi connectivity index (χ0n) is 36.1. The van der Waals surface area contributed by atoms with Crippen LogP contribution in [0.15, 0.2) is 182 Å². The molecule has 0 aliphatic rings. The molecule has 5 heteroatoms. The molecule has 0 spiro atoms. The fraction of sp³-hybridized carbons (Fsp3) is 0.123. The number of hydrogen-bond acceptors (Lipinski definition) is 5. The summed E-state index contributed by atoms with van der Waals surface area (Å²) >= 11 is 0. The van der Waals surface area contributed by atoms with Crippen LogP contribution in [-0.2, 0) is 0 Å². The van der Waals surface area contributed by atoms with E-state index in [2.05, 4.69) is 156 Å². The number of rotatable bonds is 10. The zero-order chi connectivity index (χ0) is 42.7. The van der Waals surface area contributed by atoms with E-state index in [4.69, 9.17) is 19.9 Å². The first-order chi connectivity index (χ1) is 30.2. The fourth-order valence-corrected chi connectivity index (χ4v) is 9.01. The standard InChI is InChI=1S/C57H49N5/c1-37-31-39(3)53(40(4)32-37)55(54-41(5)33-38(2)34-42(54)6)45-27-29-48(30-28-45)62(51-35-49(43-19-11-7-12-20-43)58-56(60-51)46-23-15-9-16-24-46)52-36-50(44-21-13-8-14-22-44)59-57(61-52)47-25-17-10-18-26-47/h7-36,55H,1-6H3.